The van der Waals surface area contributed by atoms with E-state index in [1.807, 2.05) is 12.1 Å². The summed E-state index contributed by atoms with van der Waals surface area (Å²) >= 11 is 0. The lowest BCUT2D eigenvalue weighted by Gasteiger charge is -2.41. The highest BCUT2D eigenvalue weighted by molar-refractivity contribution is 5.80. The quantitative estimate of drug-likeness (QED) is 0.642. The molecule has 1 fully saturated rings. The largest absolute Gasteiger partial charge is 0.497 e. The molecule has 2 heterocycles. The molecule has 0 unspecified atom stereocenters. The van der Waals surface area contributed by atoms with Gasteiger partial charge < -0.3 is 14.8 Å². The second kappa shape index (κ2) is 8.95. The first kappa shape index (κ1) is 19.9. The number of aliphatic hydroxyl groups excluding tert-OH is 1. The fourth-order valence-electron chi connectivity index (χ4n) is 4.19. The molecular weight excluding hydrogens is 369 g/mol. The fraction of sp³-hybridized carbons (Fsp3) is 0.391. The Morgan fingerprint density at radius 1 is 1.14 bits per heavy atom. The van der Waals surface area contributed by atoms with Crippen LogP contribution >= 0.6 is 0 Å². The molecule has 0 aliphatic carbocycles. The maximum Gasteiger partial charge on any atom is 0.131 e. The van der Waals surface area contributed by atoms with Crippen molar-refractivity contribution in [1.29, 1.82) is 0 Å². The van der Waals surface area contributed by atoms with E-state index in [-0.39, 0.29) is 18.5 Å². The lowest BCUT2D eigenvalue weighted by molar-refractivity contribution is 0.0488. The van der Waals surface area contributed by atoms with Crippen LogP contribution in [-0.4, -0.2) is 59.3 Å². The predicted octanol–water partition coefficient (Wildman–Crippen LogP) is 3.38. The molecule has 0 amide bonds. The van der Waals surface area contributed by atoms with E-state index in [4.69, 9.17) is 4.74 Å². The molecule has 29 heavy (non-hydrogen) atoms. The molecule has 2 N–H and O–H groups in total. The van der Waals surface area contributed by atoms with Crippen LogP contribution in [0.4, 0.5) is 4.39 Å². The van der Waals surface area contributed by atoms with E-state index in [1.165, 1.54) is 24.3 Å². The van der Waals surface area contributed by atoms with E-state index in [0.717, 1.165) is 31.7 Å². The Kier molecular flexibility index (Phi) is 6.13. The smallest absolute Gasteiger partial charge is 0.131 e. The zero-order valence-corrected chi connectivity index (χ0v) is 16.8. The van der Waals surface area contributed by atoms with Crippen LogP contribution in [0.2, 0.25) is 0 Å². The summed E-state index contributed by atoms with van der Waals surface area (Å²) < 4.78 is 19.5. The van der Waals surface area contributed by atoms with Crippen LogP contribution in [0.25, 0.3) is 10.9 Å². The molecule has 1 aliphatic heterocycles. The van der Waals surface area contributed by atoms with Gasteiger partial charge in [-0.05, 0) is 30.0 Å². The van der Waals surface area contributed by atoms with Crippen molar-refractivity contribution in [2.24, 2.45) is 0 Å². The van der Waals surface area contributed by atoms with Gasteiger partial charge in [0.2, 0.25) is 0 Å². The van der Waals surface area contributed by atoms with Gasteiger partial charge in [-0.15, -0.1) is 0 Å². The number of hydrogen-bond donors (Lipinski definition) is 2. The minimum absolute atomic E-state index is 0.131. The SMILES string of the molecule is COc1ccc(CN2CCN(Cc3cc4ccccc4[nH]3)C[C@H]2CCO)c(F)c1. The number of methoxy groups -OCH3 is 1. The minimum atomic E-state index is -0.243. The summed E-state index contributed by atoms with van der Waals surface area (Å²) in [5.74, 6) is 0.286. The standard InChI is InChI=1S/C23H28FN3O2/c1-29-21-7-6-18(22(24)13-21)14-27-10-9-26(16-20(27)8-11-28)15-19-12-17-4-2-3-5-23(17)25-19/h2-7,12-13,20,25,28H,8-11,14-16H2,1H3/t20-/m1/s1. The number of hydrogen-bond acceptors (Lipinski definition) is 4. The molecular formula is C23H28FN3O2. The third-order valence-corrected chi connectivity index (χ3v) is 5.76. The highest BCUT2D eigenvalue weighted by Crippen LogP contribution is 2.23. The average Bonchev–Trinajstić information content (AvgIpc) is 3.13. The van der Waals surface area contributed by atoms with Crippen LogP contribution in [0, 0.1) is 5.82 Å². The van der Waals surface area contributed by atoms with Gasteiger partial charge in [0.1, 0.15) is 11.6 Å². The van der Waals surface area contributed by atoms with Crippen molar-refractivity contribution in [3.8, 4) is 5.75 Å². The van der Waals surface area contributed by atoms with E-state index in [0.29, 0.717) is 24.3 Å². The monoisotopic (exact) mass is 397 g/mol. The summed E-state index contributed by atoms with van der Waals surface area (Å²) in [5, 5.41) is 10.8. The summed E-state index contributed by atoms with van der Waals surface area (Å²) in [6.07, 6.45) is 0.682. The zero-order valence-electron chi connectivity index (χ0n) is 16.8. The van der Waals surface area contributed by atoms with Gasteiger partial charge in [-0.2, -0.15) is 0 Å². The first-order valence-electron chi connectivity index (χ1n) is 10.1. The summed E-state index contributed by atoms with van der Waals surface area (Å²) in [6.45, 7) is 4.13. The molecule has 5 nitrogen and oxygen atoms in total. The number of nitrogens with one attached hydrogen (secondary N) is 1. The van der Waals surface area contributed by atoms with Crippen LogP contribution in [-0.2, 0) is 13.1 Å². The zero-order chi connectivity index (χ0) is 20.2. The Hall–Kier alpha value is -2.41. The number of aromatic nitrogens is 1. The Balaban J connectivity index is 1.42. The number of rotatable bonds is 7. The molecule has 1 aromatic heterocycles. The van der Waals surface area contributed by atoms with Crippen molar-refractivity contribution < 1.29 is 14.2 Å². The number of H-pyrrole nitrogens is 1. The maximum atomic E-state index is 14.4. The summed E-state index contributed by atoms with van der Waals surface area (Å²) in [5.41, 5.74) is 3.02. The van der Waals surface area contributed by atoms with Gasteiger partial charge in [0.05, 0.1) is 7.11 Å². The van der Waals surface area contributed by atoms with Gasteiger partial charge in [0, 0.05) is 68.2 Å². The fourth-order valence-corrected chi connectivity index (χ4v) is 4.19. The van der Waals surface area contributed by atoms with Gasteiger partial charge in [0.25, 0.3) is 0 Å². The predicted molar refractivity (Wildman–Crippen MR) is 112 cm³/mol. The minimum Gasteiger partial charge on any atom is -0.497 e. The molecule has 0 spiro atoms. The van der Waals surface area contributed by atoms with Crippen molar-refractivity contribution in [2.75, 3.05) is 33.4 Å². The second-order valence-electron chi connectivity index (χ2n) is 7.71. The van der Waals surface area contributed by atoms with Gasteiger partial charge in [0.15, 0.2) is 0 Å². The van der Waals surface area contributed by atoms with Gasteiger partial charge in [-0.25, -0.2) is 4.39 Å². The molecule has 3 aromatic rings. The topological polar surface area (TPSA) is 51.7 Å². The first-order chi connectivity index (χ1) is 14.2. The third kappa shape index (κ3) is 4.61. The highest BCUT2D eigenvalue weighted by Gasteiger charge is 2.27. The molecule has 0 bridgehead atoms. The second-order valence-corrected chi connectivity index (χ2v) is 7.71. The van der Waals surface area contributed by atoms with E-state index in [2.05, 4.69) is 33.0 Å². The Morgan fingerprint density at radius 3 is 2.76 bits per heavy atom. The number of fused-ring (bicyclic) bond motifs is 1. The average molecular weight is 397 g/mol. The van der Waals surface area contributed by atoms with E-state index >= 15 is 0 Å². The number of benzene rings is 2. The Labute approximate surface area is 170 Å². The molecule has 1 saturated heterocycles. The molecule has 6 heteroatoms. The number of nitrogens with zero attached hydrogens (tertiary/aromatic N) is 2. The number of aliphatic hydroxyl groups is 1. The van der Waals surface area contributed by atoms with E-state index in [9.17, 15) is 9.50 Å². The molecule has 4 rings (SSSR count). The number of para-hydroxylation sites is 1. The summed E-state index contributed by atoms with van der Waals surface area (Å²) in [4.78, 5) is 8.18. The molecule has 0 saturated carbocycles. The normalized spacial score (nSPS) is 18.4. The number of aromatic amines is 1. The first-order valence-corrected chi connectivity index (χ1v) is 10.1. The van der Waals surface area contributed by atoms with Crippen molar-refractivity contribution in [1.82, 2.24) is 14.8 Å². The van der Waals surface area contributed by atoms with Crippen molar-refractivity contribution in [3.05, 3.63) is 65.6 Å². The van der Waals surface area contributed by atoms with Crippen molar-refractivity contribution >= 4 is 10.9 Å². The molecule has 1 aliphatic rings. The summed E-state index contributed by atoms with van der Waals surface area (Å²) in [7, 11) is 1.54. The van der Waals surface area contributed by atoms with Crippen LogP contribution in [0.3, 0.4) is 0 Å². The molecule has 2 aromatic carbocycles. The summed E-state index contributed by atoms with van der Waals surface area (Å²) in [6, 6.07) is 15.7. The Morgan fingerprint density at radius 2 is 2.00 bits per heavy atom. The van der Waals surface area contributed by atoms with Crippen LogP contribution in [0.15, 0.2) is 48.5 Å². The molecule has 0 radical (unpaired) electrons. The van der Waals surface area contributed by atoms with Crippen molar-refractivity contribution in [3.63, 3.8) is 0 Å². The van der Waals surface area contributed by atoms with Crippen LogP contribution in [0.5, 0.6) is 5.75 Å². The van der Waals surface area contributed by atoms with Gasteiger partial charge >= 0.3 is 0 Å². The lowest BCUT2D eigenvalue weighted by atomic mass is 10.1. The van der Waals surface area contributed by atoms with Crippen LogP contribution in [0.1, 0.15) is 17.7 Å². The maximum absolute atomic E-state index is 14.4. The van der Waals surface area contributed by atoms with Crippen molar-refractivity contribution in [2.45, 2.75) is 25.6 Å². The Bertz CT molecular complexity index is 925. The van der Waals surface area contributed by atoms with E-state index < -0.39 is 0 Å². The highest BCUT2D eigenvalue weighted by atomic mass is 19.1. The number of halogens is 1. The molecule has 1 atom stereocenters. The number of ether oxygens (including phenoxy) is 1. The molecule has 154 valence electrons. The van der Waals surface area contributed by atoms with Gasteiger partial charge in [-0.3, -0.25) is 9.80 Å². The van der Waals surface area contributed by atoms with Crippen LogP contribution < -0.4 is 4.74 Å². The van der Waals surface area contributed by atoms with E-state index in [1.54, 1.807) is 12.1 Å². The lowest BCUT2D eigenvalue weighted by Crippen LogP contribution is -2.52. The number of piperazine rings is 1. The third-order valence-electron chi connectivity index (χ3n) is 5.76. The van der Waals surface area contributed by atoms with Gasteiger partial charge in [-0.1, -0.05) is 24.3 Å².